The van der Waals surface area contributed by atoms with Crippen molar-refractivity contribution in [2.75, 3.05) is 13.7 Å². The Bertz CT molecular complexity index is 610. The molecule has 1 heterocycles. The van der Waals surface area contributed by atoms with E-state index in [0.29, 0.717) is 37.6 Å². The second-order valence-electron chi connectivity index (χ2n) is 4.69. The van der Waals surface area contributed by atoms with E-state index in [1.165, 1.54) is 7.11 Å². The van der Waals surface area contributed by atoms with Crippen LogP contribution in [-0.2, 0) is 17.8 Å². The van der Waals surface area contributed by atoms with Gasteiger partial charge in [0.05, 0.1) is 13.7 Å². The molecule has 0 aliphatic rings. The summed E-state index contributed by atoms with van der Waals surface area (Å²) in [5.74, 6) is 1.81. The van der Waals surface area contributed by atoms with Crippen molar-refractivity contribution in [1.29, 1.82) is 0 Å². The third-order valence-electron chi connectivity index (χ3n) is 3.04. The van der Waals surface area contributed by atoms with Crippen LogP contribution in [0, 0.1) is 0 Å². The number of benzene rings is 1. The fourth-order valence-electron chi connectivity index (χ4n) is 1.95. The van der Waals surface area contributed by atoms with E-state index >= 15 is 0 Å². The molecule has 0 atom stereocenters. The van der Waals surface area contributed by atoms with Crippen molar-refractivity contribution < 1.29 is 18.8 Å². The molecule has 0 saturated carbocycles. The number of nitrogens with one attached hydrogen (secondary N) is 1. The Morgan fingerprint density at radius 1 is 1.36 bits per heavy atom. The molecule has 1 aromatic carbocycles. The standard InChI is InChI=1S/C16H20N2O4/c1-3-21-13-6-4-5-12(9-13)11-17-15(19)8-7-14-10-16(20-2)18-22-14/h4-6,9-10H,3,7-8,11H2,1-2H3,(H,17,19). The average molecular weight is 304 g/mol. The van der Waals surface area contributed by atoms with Crippen LogP contribution in [0.4, 0.5) is 0 Å². The van der Waals surface area contributed by atoms with Crippen molar-refractivity contribution >= 4 is 5.91 Å². The number of aryl methyl sites for hydroxylation is 1. The highest BCUT2D eigenvalue weighted by molar-refractivity contribution is 5.76. The molecule has 118 valence electrons. The predicted octanol–water partition coefficient (Wildman–Crippen LogP) is 2.33. The van der Waals surface area contributed by atoms with Gasteiger partial charge in [-0.05, 0) is 29.8 Å². The minimum atomic E-state index is -0.0443. The number of rotatable bonds is 8. The molecular formula is C16H20N2O4. The molecule has 1 aromatic heterocycles. The first-order valence-corrected chi connectivity index (χ1v) is 7.19. The smallest absolute Gasteiger partial charge is 0.254 e. The van der Waals surface area contributed by atoms with Gasteiger partial charge >= 0.3 is 0 Å². The van der Waals surface area contributed by atoms with Gasteiger partial charge < -0.3 is 19.3 Å². The number of nitrogens with zero attached hydrogens (tertiary/aromatic N) is 1. The van der Waals surface area contributed by atoms with Gasteiger partial charge in [-0.2, -0.15) is 0 Å². The van der Waals surface area contributed by atoms with E-state index in [1.54, 1.807) is 6.07 Å². The Hall–Kier alpha value is -2.50. The molecule has 0 aliphatic heterocycles. The Labute approximate surface area is 129 Å². The number of hydrogen-bond acceptors (Lipinski definition) is 5. The van der Waals surface area contributed by atoms with Crippen LogP contribution in [0.15, 0.2) is 34.9 Å². The SMILES string of the molecule is CCOc1cccc(CNC(=O)CCc2cc(OC)no2)c1. The maximum Gasteiger partial charge on any atom is 0.254 e. The normalized spacial score (nSPS) is 10.3. The molecular weight excluding hydrogens is 284 g/mol. The predicted molar refractivity (Wildman–Crippen MR) is 80.8 cm³/mol. The molecule has 0 radical (unpaired) electrons. The minimum absolute atomic E-state index is 0.0443. The quantitative estimate of drug-likeness (QED) is 0.810. The average Bonchev–Trinajstić information content (AvgIpc) is 3.00. The molecule has 2 rings (SSSR count). The molecule has 2 aromatic rings. The van der Waals surface area contributed by atoms with E-state index in [9.17, 15) is 4.79 Å². The summed E-state index contributed by atoms with van der Waals surface area (Å²) in [5.41, 5.74) is 1.00. The van der Waals surface area contributed by atoms with Gasteiger partial charge in [0.15, 0.2) is 0 Å². The molecule has 0 bridgehead atoms. The van der Waals surface area contributed by atoms with Crippen LogP contribution in [0.1, 0.15) is 24.7 Å². The van der Waals surface area contributed by atoms with Crippen LogP contribution < -0.4 is 14.8 Å². The second kappa shape index (κ2) is 8.07. The number of hydrogen-bond donors (Lipinski definition) is 1. The lowest BCUT2D eigenvalue weighted by molar-refractivity contribution is -0.121. The molecule has 22 heavy (non-hydrogen) atoms. The Kier molecular flexibility index (Phi) is 5.82. The summed E-state index contributed by atoms with van der Waals surface area (Å²) in [6, 6.07) is 9.35. The van der Waals surface area contributed by atoms with E-state index in [0.717, 1.165) is 11.3 Å². The first-order valence-electron chi connectivity index (χ1n) is 7.19. The van der Waals surface area contributed by atoms with Gasteiger partial charge in [-0.15, -0.1) is 0 Å². The van der Waals surface area contributed by atoms with Crippen molar-refractivity contribution in [3.8, 4) is 11.6 Å². The van der Waals surface area contributed by atoms with Crippen LogP contribution in [0.2, 0.25) is 0 Å². The summed E-state index contributed by atoms with van der Waals surface area (Å²) in [6.07, 6.45) is 0.824. The van der Waals surface area contributed by atoms with Crippen molar-refractivity contribution in [1.82, 2.24) is 10.5 Å². The summed E-state index contributed by atoms with van der Waals surface area (Å²) in [7, 11) is 1.52. The van der Waals surface area contributed by atoms with Crippen molar-refractivity contribution in [3.63, 3.8) is 0 Å². The highest BCUT2D eigenvalue weighted by atomic mass is 16.5. The number of carbonyl (C=O) groups excluding carboxylic acids is 1. The van der Waals surface area contributed by atoms with Crippen LogP contribution in [0.5, 0.6) is 11.6 Å². The van der Waals surface area contributed by atoms with Crippen molar-refractivity contribution in [2.45, 2.75) is 26.3 Å². The second-order valence-corrected chi connectivity index (χ2v) is 4.69. The number of amides is 1. The van der Waals surface area contributed by atoms with Gasteiger partial charge in [0.1, 0.15) is 11.5 Å². The number of carbonyl (C=O) groups is 1. The minimum Gasteiger partial charge on any atom is -0.494 e. The molecule has 0 fully saturated rings. The van der Waals surface area contributed by atoms with Gasteiger partial charge in [-0.3, -0.25) is 4.79 Å². The van der Waals surface area contributed by atoms with E-state index < -0.39 is 0 Å². The van der Waals surface area contributed by atoms with Crippen LogP contribution in [0.25, 0.3) is 0 Å². The van der Waals surface area contributed by atoms with Gasteiger partial charge in [-0.1, -0.05) is 12.1 Å². The molecule has 1 N–H and O–H groups in total. The fraction of sp³-hybridized carbons (Fsp3) is 0.375. The summed E-state index contributed by atoms with van der Waals surface area (Å²) >= 11 is 0. The first kappa shape index (κ1) is 15.9. The van der Waals surface area contributed by atoms with E-state index in [4.69, 9.17) is 14.0 Å². The molecule has 6 heteroatoms. The lowest BCUT2D eigenvalue weighted by atomic mass is 10.2. The first-order chi connectivity index (χ1) is 10.7. The lowest BCUT2D eigenvalue weighted by Crippen LogP contribution is -2.22. The number of aromatic nitrogens is 1. The summed E-state index contributed by atoms with van der Waals surface area (Å²) < 4.78 is 15.4. The molecule has 0 unspecified atom stereocenters. The molecule has 0 aliphatic carbocycles. The zero-order chi connectivity index (χ0) is 15.8. The van der Waals surface area contributed by atoms with Gasteiger partial charge in [0.2, 0.25) is 5.91 Å². The fourth-order valence-corrected chi connectivity index (χ4v) is 1.95. The van der Waals surface area contributed by atoms with E-state index in [2.05, 4.69) is 10.5 Å². The maximum absolute atomic E-state index is 11.8. The van der Waals surface area contributed by atoms with E-state index in [-0.39, 0.29) is 5.91 Å². The topological polar surface area (TPSA) is 73.6 Å². The number of methoxy groups -OCH3 is 1. The summed E-state index contributed by atoms with van der Waals surface area (Å²) in [5, 5.41) is 6.56. The monoisotopic (exact) mass is 304 g/mol. The van der Waals surface area contributed by atoms with E-state index in [1.807, 2.05) is 31.2 Å². The van der Waals surface area contributed by atoms with Crippen molar-refractivity contribution in [2.24, 2.45) is 0 Å². The Morgan fingerprint density at radius 2 is 2.23 bits per heavy atom. The summed E-state index contributed by atoms with van der Waals surface area (Å²) in [4.78, 5) is 11.8. The Balaban J connectivity index is 1.76. The Morgan fingerprint density at radius 3 is 2.95 bits per heavy atom. The van der Waals surface area contributed by atoms with Crippen LogP contribution in [-0.4, -0.2) is 24.8 Å². The summed E-state index contributed by atoms with van der Waals surface area (Å²) in [6.45, 7) is 3.03. The molecule has 0 spiro atoms. The van der Waals surface area contributed by atoms with Gasteiger partial charge in [-0.25, -0.2) is 0 Å². The molecule has 1 amide bonds. The lowest BCUT2D eigenvalue weighted by Gasteiger charge is -2.07. The highest BCUT2D eigenvalue weighted by Crippen LogP contribution is 2.14. The third kappa shape index (κ3) is 4.80. The van der Waals surface area contributed by atoms with Crippen LogP contribution in [0.3, 0.4) is 0 Å². The zero-order valence-electron chi connectivity index (χ0n) is 12.8. The molecule has 6 nitrogen and oxygen atoms in total. The van der Waals surface area contributed by atoms with Crippen LogP contribution >= 0.6 is 0 Å². The third-order valence-corrected chi connectivity index (χ3v) is 3.04. The van der Waals surface area contributed by atoms with Gasteiger partial charge in [0, 0.05) is 25.5 Å². The number of ether oxygens (including phenoxy) is 2. The largest absolute Gasteiger partial charge is 0.494 e. The zero-order valence-corrected chi connectivity index (χ0v) is 12.8. The molecule has 0 saturated heterocycles. The highest BCUT2D eigenvalue weighted by Gasteiger charge is 2.07. The maximum atomic E-state index is 11.8. The van der Waals surface area contributed by atoms with Crippen molar-refractivity contribution in [3.05, 3.63) is 41.7 Å². The van der Waals surface area contributed by atoms with Gasteiger partial charge in [0.25, 0.3) is 5.88 Å².